The Morgan fingerprint density at radius 3 is 2.40 bits per heavy atom. The molecule has 0 spiro atoms. The molecule has 0 aromatic heterocycles. The van der Waals surface area contributed by atoms with Gasteiger partial charge in [0.25, 0.3) is 0 Å². The van der Waals surface area contributed by atoms with Crippen LogP contribution in [0.5, 0.6) is 0 Å². The smallest absolute Gasteiger partial charge is 0.309 e. The Morgan fingerprint density at radius 2 is 1.93 bits per heavy atom. The maximum Gasteiger partial charge on any atom is 0.309 e. The van der Waals surface area contributed by atoms with Crippen molar-refractivity contribution in [2.75, 3.05) is 32.7 Å². The van der Waals surface area contributed by atoms with Crippen molar-refractivity contribution in [3.8, 4) is 0 Å². The van der Waals surface area contributed by atoms with E-state index in [2.05, 4.69) is 10.2 Å². The normalized spacial score (nSPS) is 18.3. The van der Waals surface area contributed by atoms with E-state index < -0.39 is 11.4 Å². The number of carboxylic acid groups (broad SMARTS) is 1. The molecular weight excluding hydrogens is 216 g/mol. The highest BCUT2D eigenvalue weighted by molar-refractivity contribution is 5.85. The summed E-state index contributed by atoms with van der Waals surface area (Å²) in [6.07, 6.45) is 0.725. The zero-order chi connectivity index (χ0) is 10.6. The van der Waals surface area contributed by atoms with E-state index in [0.717, 1.165) is 39.1 Å². The minimum atomic E-state index is -0.701. The predicted molar refractivity (Wildman–Crippen MR) is 62.6 cm³/mol. The van der Waals surface area contributed by atoms with Crippen molar-refractivity contribution in [2.45, 2.75) is 20.3 Å². The van der Waals surface area contributed by atoms with E-state index in [4.69, 9.17) is 5.11 Å². The number of hydrogen-bond acceptors (Lipinski definition) is 3. The largest absolute Gasteiger partial charge is 0.481 e. The Balaban J connectivity index is 0.00000196. The quantitative estimate of drug-likeness (QED) is 0.759. The number of aliphatic carboxylic acids is 1. The molecule has 0 saturated carbocycles. The second-order valence-electron chi connectivity index (χ2n) is 4.53. The molecule has 1 saturated heterocycles. The SMILES string of the molecule is CC(C)(CCN1CCNCC1)C(=O)O.Cl. The second-order valence-corrected chi connectivity index (χ2v) is 4.53. The van der Waals surface area contributed by atoms with Crippen molar-refractivity contribution in [1.29, 1.82) is 0 Å². The lowest BCUT2D eigenvalue weighted by Crippen LogP contribution is -2.45. The third kappa shape index (κ3) is 4.82. The van der Waals surface area contributed by atoms with E-state index in [1.165, 1.54) is 0 Å². The first-order valence-electron chi connectivity index (χ1n) is 5.19. The van der Waals surface area contributed by atoms with Gasteiger partial charge in [-0.2, -0.15) is 0 Å². The van der Waals surface area contributed by atoms with E-state index in [-0.39, 0.29) is 12.4 Å². The molecule has 1 fully saturated rings. The first-order valence-corrected chi connectivity index (χ1v) is 5.19. The molecule has 0 unspecified atom stereocenters. The molecule has 0 atom stereocenters. The molecule has 0 radical (unpaired) electrons. The minimum absolute atomic E-state index is 0. The first-order chi connectivity index (χ1) is 6.52. The monoisotopic (exact) mass is 236 g/mol. The Bertz CT molecular complexity index is 204. The summed E-state index contributed by atoms with van der Waals surface area (Å²) in [4.78, 5) is 13.2. The number of halogens is 1. The summed E-state index contributed by atoms with van der Waals surface area (Å²) in [5.41, 5.74) is -0.592. The van der Waals surface area contributed by atoms with E-state index in [1.807, 2.05) is 0 Å². The molecule has 1 aliphatic heterocycles. The standard InChI is InChI=1S/C10H20N2O2.ClH/c1-10(2,9(13)14)3-6-12-7-4-11-5-8-12;/h11H,3-8H2,1-2H3,(H,13,14);1H. The molecule has 0 aromatic rings. The van der Waals surface area contributed by atoms with Gasteiger partial charge in [-0.3, -0.25) is 4.79 Å². The maximum atomic E-state index is 10.9. The second kappa shape index (κ2) is 6.30. The highest BCUT2D eigenvalue weighted by atomic mass is 35.5. The minimum Gasteiger partial charge on any atom is -0.481 e. The van der Waals surface area contributed by atoms with Gasteiger partial charge in [0.1, 0.15) is 0 Å². The molecule has 0 aromatic carbocycles. The summed E-state index contributed by atoms with van der Waals surface area (Å²) in [7, 11) is 0. The maximum absolute atomic E-state index is 10.9. The third-order valence-electron chi connectivity index (χ3n) is 2.84. The van der Waals surface area contributed by atoms with Gasteiger partial charge in [-0.1, -0.05) is 0 Å². The fraction of sp³-hybridized carbons (Fsp3) is 0.900. The van der Waals surface area contributed by atoms with Gasteiger partial charge >= 0.3 is 5.97 Å². The molecule has 1 heterocycles. The van der Waals surface area contributed by atoms with Crippen molar-refractivity contribution in [3.63, 3.8) is 0 Å². The van der Waals surface area contributed by atoms with E-state index in [0.29, 0.717) is 0 Å². The van der Waals surface area contributed by atoms with Gasteiger partial charge in [-0.05, 0) is 26.8 Å². The number of nitrogens with one attached hydrogen (secondary N) is 1. The number of carbonyl (C=O) groups is 1. The molecule has 1 rings (SSSR count). The zero-order valence-corrected chi connectivity index (χ0v) is 10.3. The van der Waals surface area contributed by atoms with Gasteiger partial charge in [0.2, 0.25) is 0 Å². The lowest BCUT2D eigenvalue weighted by atomic mass is 9.89. The molecule has 4 nitrogen and oxygen atoms in total. The number of rotatable bonds is 4. The highest BCUT2D eigenvalue weighted by Gasteiger charge is 2.27. The van der Waals surface area contributed by atoms with Crippen LogP contribution in [0.4, 0.5) is 0 Å². The fourth-order valence-corrected chi connectivity index (χ4v) is 1.48. The van der Waals surface area contributed by atoms with Crippen molar-refractivity contribution >= 4 is 18.4 Å². The molecule has 2 N–H and O–H groups in total. The molecule has 1 aliphatic rings. The Morgan fingerprint density at radius 1 is 1.40 bits per heavy atom. The third-order valence-corrected chi connectivity index (χ3v) is 2.84. The Kier molecular flexibility index (Phi) is 6.17. The summed E-state index contributed by atoms with van der Waals surface area (Å²) in [6, 6.07) is 0. The Hall–Kier alpha value is -0.320. The highest BCUT2D eigenvalue weighted by Crippen LogP contribution is 2.20. The van der Waals surface area contributed by atoms with Crippen molar-refractivity contribution < 1.29 is 9.90 Å². The zero-order valence-electron chi connectivity index (χ0n) is 9.45. The van der Waals surface area contributed by atoms with Crippen LogP contribution in [0.15, 0.2) is 0 Å². The summed E-state index contributed by atoms with van der Waals surface area (Å²) in [6.45, 7) is 8.59. The molecule has 90 valence electrons. The fourth-order valence-electron chi connectivity index (χ4n) is 1.48. The van der Waals surface area contributed by atoms with Gasteiger partial charge < -0.3 is 15.3 Å². The van der Waals surface area contributed by atoms with Crippen LogP contribution >= 0.6 is 12.4 Å². The van der Waals surface area contributed by atoms with Crippen molar-refractivity contribution in [3.05, 3.63) is 0 Å². The molecule has 5 heteroatoms. The van der Waals surface area contributed by atoms with Crippen LogP contribution in [0.25, 0.3) is 0 Å². The van der Waals surface area contributed by atoms with Crippen LogP contribution in [0.2, 0.25) is 0 Å². The van der Waals surface area contributed by atoms with Crippen LogP contribution in [-0.2, 0) is 4.79 Å². The van der Waals surface area contributed by atoms with Crippen LogP contribution in [0.3, 0.4) is 0 Å². The molecular formula is C10H21ClN2O2. The van der Waals surface area contributed by atoms with Gasteiger partial charge in [0.05, 0.1) is 5.41 Å². The number of nitrogens with zero attached hydrogens (tertiary/aromatic N) is 1. The van der Waals surface area contributed by atoms with E-state index >= 15 is 0 Å². The van der Waals surface area contributed by atoms with Gasteiger partial charge in [0, 0.05) is 26.2 Å². The number of hydrogen-bond donors (Lipinski definition) is 2. The van der Waals surface area contributed by atoms with Crippen LogP contribution < -0.4 is 5.32 Å². The average Bonchev–Trinajstić information content (AvgIpc) is 2.16. The topological polar surface area (TPSA) is 52.6 Å². The molecule has 15 heavy (non-hydrogen) atoms. The van der Waals surface area contributed by atoms with E-state index in [1.54, 1.807) is 13.8 Å². The number of piperazine rings is 1. The summed E-state index contributed by atoms with van der Waals surface area (Å²) >= 11 is 0. The average molecular weight is 237 g/mol. The predicted octanol–water partition coefficient (Wildman–Crippen LogP) is 0.814. The first kappa shape index (κ1) is 14.7. The summed E-state index contributed by atoms with van der Waals surface area (Å²) < 4.78 is 0. The van der Waals surface area contributed by atoms with Crippen LogP contribution in [-0.4, -0.2) is 48.7 Å². The van der Waals surface area contributed by atoms with Crippen molar-refractivity contribution in [2.24, 2.45) is 5.41 Å². The van der Waals surface area contributed by atoms with Gasteiger partial charge in [-0.15, -0.1) is 12.4 Å². The summed E-state index contributed by atoms with van der Waals surface area (Å²) in [5, 5.41) is 12.2. The molecule has 0 bridgehead atoms. The van der Waals surface area contributed by atoms with E-state index in [9.17, 15) is 4.79 Å². The lowest BCUT2D eigenvalue weighted by molar-refractivity contribution is -0.147. The van der Waals surface area contributed by atoms with Gasteiger partial charge in [-0.25, -0.2) is 0 Å². The van der Waals surface area contributed by atoms with Crippen LogP contribution in [0.1, 0.15) is 20.3 Å². The van der Waals surface area contributed by atoms with Crippen molar-refractivity contribution in [1.82, 2.24) is 10.2 Å². The molecule has 0 amide bonds. The molecule has 0 aliphatic carbocycles. The van der Waals surface area contributed by atoms with Crippen LogP contribution in [0, 0.1) is 5.41 Å². The summed E-state index contributed by atoms with van der Waals surface area (Å²) in [5.74, 6) is -0.701. The number of carboxylic acids is 1. The Labute approximate surface area is 97.4 Å². The van der Waals surface area contributed by atoms with Gasteiger partial charge in [0.15, 0.2) is 0 Å². The lowest BCUT2D eigenvalue weighted by Gasteiger charge is -2.29.